The van der Waals surface area contributed by atoms with Gasteiger partial charge in [-0.25, -0.2) is 0 Å². The smallest absolute Gasteiger partial charge is 0.137 e. The van der Waals surface area contributed by atoms with Crippen molar-refractivity contribution >= 4 is 5.78 Å². The quantitative estimate of drug-likeness (QED) is 0.816. The molecule has 1 aliphatic heterocycles. The van der Waals surface area contributed by atoms with Crippen molar-refractivity contribution in [3.05, 3.63) is 30.1 Å². The van der Waals surface area contributed by atoms with Crippen molar-refractivity contribution < 1.29 is 4.79 Å². The first kappa shape index (κ1) is 11.3. The van der Waals surface area contributed by atoms with E-state index in [9.17, 15) is 4.79 Å². The van der Waals surface area contributed by atoms with E-state index in [4.69, 9.17) is 0 Å². The topological polar surface area (TPSA) is 42.0 Å². The summed E-state index contributed by atoms with van der Waals surface area (Å²) in [6, 6.07) is 3.84. The van der Waals surface area contributed by atoms with Gasteiger partial charge in [0.15, 0.2) is 0 Å². The largest absolute Gasteiger partial charge is 0.316 e. The number of aromatic nitrogens is 1. The third-order valence-electron chi connectivity index (χ3n) is 3.12. The van der Waals surface area contributed by atoms with Crippen molar-refractivity contribution in [3.63, 3.8) is 0 Å². The number of ketones is 1. The van der Waals surface area contributed by atoms with Crippen molar-refractivity contribution in [3.8, 4) is 0 Å². The van der Waals surface area contributed by atoms with Gasteiger partial charge in [0.05, 0.1) is 0 Å². The minimum absolute atomic E-state index is 0.333. The predicted molar refractivity (Wildman–Crippen MR) is 63.2 cm³/mol. The molecule has 1 aromatic rings. The second kappa shape index (κ2) is 5.75. The van der Waals surface area contributed by atoms with Crippen LogP contribution < -0.4 is 5.32 Å². The van der Waals surface area contributed by atoms with Gasteiger partial charge in [-0.1, -0.05) is 6.07 Å². The first-order valence-corrected chi connectivity index (χ1v) is 5.96. The summed E-state index contributed by atoms with van der Waals surface area (Å²) in [5.74, 6) is 1.04. The first-order valence-electron chi connectivity index (χ1n) is 5.96. The molecule has 3 nitrogen and oxygen atoms in total. The van der Waals surface area contributed by atoms with Gasteiger partial charge in [-0.3, -0.25) is 9.78 Å². The van der Waals surface area contributed by atoms with Crippen LogP contribution in [0.15, 0.2) is 24.5 Å². The number of rotatable bonds is 5. The maximum absolute atomic E-state index is 11.7. The number of carbonyl (C=O) groups excluding carboxylic acids is 1. The molecule has 0 amide bonds. The van der Waals surface area contributed by atoms with Crippen molar-refractivity contribution in [2.75, 3.05) is 13.1 Å². The van der Waals surface area contributed by atoms with Gasteiger partial charge in [-0.05, 0) is 43.5 Å². The van der Waals surface area contributed by atoms with Crippen LogP contribution in [0.1, 0.15) is 24.8 Å². The lowest BCUT2D eigenvalue weighted by atomic mass is 9.99. The van der Waals surface area contributed by atoms with Crippen LogP contribution in [-0.2, 0) is 11.2 Å². The van der Waals surface area contributed by atoms with Crippen LogP contribution in [0.25, 0.3) is 0 Å². The second-order valence-corrected chi connectivity index (χ2v) is 4.47. The Labute approximate surface area is 96.3 Å². The van der Waals surface area contributed by atoms with Gasteiger partial charge in [0.2, 0.25) is 0 Å². The second-order valence-electron chi connectivity index (χ2n) is 4.47. The Kier molecular flexibility index (Phi) is 4.05. The maximum Gasteiger partial charge on any atom is 0.137 e. The molecule has 0 bridgehead atoms. The molecule has 1 saturated heterocycles. The van der Waals surface area contributed by atoms with E-state index in [0.717, 1.165) is 25.1 Å². The van der Waals surface area contributed by atoms with E-state index in [0.29, 0.717) is 24.5 Å². The van der Waals surface area contributed by atoms with Crippen LogP contribution in [0.5, 0.6) is 0 Å². The van der Waals surface area contributed by atoms with Crippen molar-refractivity contribution in [1.29, 1.82) is 0 Å². The van der Waals surface area contributed by atoms with Crippen LogP contribution in [0, 0.1) is 5.92 Å². The summed E-state index contributed by atoms with van der Waals surface area (Å²) in [5, 5.41) is 3.32. The molecule has 1 N–H and O–H groups in total. The molecule has 0 saturated carbocycles. The average molecular weight is 218 g/mol. The summed E-state index contributed by atoms with van der Waals surface area (Å²) in [6.07, 6.45) is 7.01. The van der Waals surface area contributed by atoms with E-state index in [-0.39, 0.29) is 0 Å². The van der Waals surface area contributed by atoms with Crippen molar-refractivity contribution in [2.24, 2.45) is 5.92 Å². The van der Waals surface area contributed by atoms with Crippen LogP contribution in [-0.4, -0.2) is 23.9 Å². The third-order valence-corrected chi connectivity index (χ3v) is 3.12. The van der Waals surface area contributed by atoms with E-state index in [2.05, 4.69) is 10.3 Å². The fourth-order valence-corrected chi connectivity index (χ4v) is 2.14. The molecule has 16 heavy (non-hydrogen) atoms. The normalized spacial score (nSPS) is 19.9. The van der Waals surface area contributed by atoms with Crippen LogP contribution >= 0.6 is 0 Å². The first-order chi connectivity index (χ1) is 7.84. The number of nitrogens with zero attached hydrogens (tertiary/aromatic N) is 1. The molecule has 0 radical (unpaired) electrons. The number of nitrogens with one attached hydrogen (secondary N) is 1. The fourth-order valence-electron chi connectivity index (χ4n) is 2.14. The Bertz CT molecular complexity index is 331. The molecule has 86 valence electrons. The lowest BCUT2D eigenvalue weighted by molar-refractivity contribution is -0.118. The fraction of sp³-hybridized carbons (Fsp3) is 0.538. The highest BCUT2D eigenvalue weighted by molar-refractivity contribution is 5.80. The summed E-state index contributed by atoms with van der Waals surface area (Å²) in [4.78, 5) is 15.7. The highest BCUT2D eigenvalue weighted by Crippen LogP contribution is 2.15. The van der Waals surface area contributed by atoms with Gasteiger partial charge >= 0.3 is 0 Å². The molecule has 2 rings (SSSR count). The molecule has 1 aromatic heterocycles. The molecule has 1 unspecified atom stereocenters. The molecule has 1 fully saturated rings. The molecule has 1 aliphatic rings. The van der Waals surface area contributed by atoms with E-state index in [1.807, 2.05) is 12.1 Å². The number of Topliss-reactive ketones (excluding diaryl/α,β-unsaturated/α-hetero) is 1. The minimum Gasteiger partial charge on any atom is -0.316 e. The number of hydrogen-bond acceptors (Lipinski definition) is 3. The monoisotopic (exact) mass is 218 g/mol. The van der Waals surface area contributed by atoms with Crippen LogP contribution in [0.4, 0.5) is 0 Å². The molecule has 0 spiro atoms. The Hall–Kier alpha value is -1.22. The summed E-state index contributed by atoms with van der Waals surface area (Å²) in [5.41, 5.74) is 1.03. The van der Waals surface area contributed by atoms with Gasteiger partial charge in [0, 0.05) is 25.2 Å². The predicted octanol–water partition coefficient (Wildman–Crippen LogP) is 1.58. The average Bonchev–Trinajstić information content (AvgIpc) is 2.81. The summed E-state index contributed by atoms with van der Waals surface area (Å²) < 4.78 is 0. The van der Waals surface area contributed by atoms with E-state index >= 15 is 0 Å². The standard InChI is InChI=1S/C13H18N2O/c16-13(4-3-11-5-7-15-9-11)8-12-2-1-6-14-10-12/h1-2,6,10-11,15H,3-5,7-9H2. The van der Waals surface area contributed by atoms with E-state index in [1.54, 1.807) is 12.4 Å². The lowest BCUT2D eigenvalue weighted by Gasteiger charge is -2.06. The van der Waals surface area contributed by atoms with Crippen LogP contribution in [0.2, 0.25) is 0 Å². The van der Waals surface area contributed by atoms with E-state index < -0.39 is 0 Å². The minimum atomic E-state index is 0.333. The molecular weight excluding hydrogens is 200 g/mol. The zero-order valence-corrected chi connectivity index (χ0v) is 9.48. The molecule has 2 heterocycles. The van der Waals surface area contributed by atoms with Gasteiger partial charge < -0.3 is 5.32 Å². The van der Waals surface area contributed by atoms with Gasteiger partial charge in [-0.15, -0.1) is 0 Å². The summed E-state index contributed by atoms with van der Waals surface area (Å²) >= 11 is 0. The highest BCUT2D eigenvalue weighted by atomic mass is 16.1. The Morgan fingerprint density at radius 1 is 1.56 bits per heavy atom. The zero-order valence-electron chi connectivity index (χ0n) is 9.48. The zero-order chi connectivity index (χ0) is 11.2. The number of carbonyl (C=O) groups is 1. The summed E-state index contributed by atoms with van der Waals surface area (Å²) in [6.45, 7) is 2.20. The van der Waals surface area contributed by atoms with Crippen LogP contribution in [0.3, 0.4) is 0 Å². The Morgan fingerprint density at radius 2 is 2.50 bits per heavy atom. The highest BCUT2D eigenvalue weighted by Gasteiger charge is 2.15. The maximum atomic E-state index is 11.7. The Morgan fingerprint density at radius 3 is 3.19 bits per heavy atom. The van der Waals surface area contributed by atoms with Crippen molar-refractivity contribution in [2.45, 2.75) is 25.7 Å². The molecule has 1 atom stereocenters. The third kappa shape index (κ3) is 3.42. The lowest BCUT2D eigenvalue weighted by Crippen LogP contribution is -2.11. The van der Waals surface area contributed by atoms with Gasteiger partial charge in [0.1, 0.15) is 5.78 Å². The van der Waals surface area contributed by atoms with Gasteiger partial charge in [-0.2, -0.15) is 0 Å². The molecule has 0 aromatic carbocycles. The van der Waals surface area contributed by atoms with Crippen molar-refractivity contribution in [1.82, 2.24) is 10.3 Å². The van der Waals surface area contributed by atoms with Gasteiger partial charge in [0.25, 0.3) is 0 Å². The number of pyridine rings is 1. The Balaban J connectivity index is 1.72. The number of hydrogen-bond donors (Lipinski definition) is 1. The summed E-state index contributed by atoms with van der Waals surface area (Å²) in [7, 11) is 0. The SMILES string of the molecule is O=C(CCC1CCNC1)Cc1cccnc1. The van der Waals surface area contributed by atoms with E-state index in [1.165, 1.54) is 6.42 Å². The molecule has 3 heteroatoms. The molecular formula is C13H18N2O. The molecule has 0 aliphatic carbocycles.